The van der Waals surface area contributed by atoms with E-state index >= 15 is 0 Å². The van der Waals surface area contributed by atoms with Gasteiger partial charge in [-0.15, -0.1) is 23.1 Å². The summed E-state index contributed by atoms with van der Waals surface area (Å²) in [4.78, 5) is 29.7. The molecule has 1 atom stereocenters. The molecule has 0 saturated carbocycles. The molecule has 3 rings (SSSR count). The van der Waals surface area contributed by atoms with Gasteiger partial charge in [0.05, 0.1) is 16.8 Å². The van der Waals surface area contributed by atoms with Crippen LogP contribution in [0.15, 0.2) is 50.6 Å². The molecule has 0 aliphatic rings. The van der Waals surface area contributed by atoms with E-state index < -0.39 is 18.0 Å². The van der Waals surface area contributed by atoms with Crippen LogP contribution in [0.3, 0.4) is 0 Å². The second kappa shape index (κ2) is 8.83. The Labute approximate surface area is 164 Å². The molecular formula is C18H17N3O4S2. The number of carbonyl (C=O) groups is 2. The monoisotopic (exact) mass is 403 g/mol. The highest BCUT2D eigenvalue weighted by Crippen LogP contribution is 2.27. The number of aryl methyl sites for hydroxylation is 1. The van der Waals surface area contributed by atoms with E-state index in [2.05, 4.69) is 15.5 Å². The first-order valence-corrected chi connectivity index (χ1v) is 10.00. The Hall–Kier alpha value is -2.65. The highest BCUT2D eigenvalue weighted by atomic mass is 32.2. The lowest BCUT2D eigenvalue weighted by Crippen LogP contribution is -2.30. The van der Waals surface area contributed by atoms with Crippen molar-refractivity contribution in [3.63, 3.8) is 0 Å². The first-order valence-electron chi connectivity index (χ1n) is 8.07. The smallest absolute Gasteiger partial charge is 0.340 e. The van der Waals surface area contributed by atoms with Gasteiger partial charge in [-0.25, -0.2) is 9.78 Å². The topological polar surface area (TPSA) is 94.3 Å². The molecule has 1 aromatic carbocycles. The third-order valence-corrected chi connectivity index (χ3v) is 5.24. The molecule has 0 unspecified atom stereocenters. The van der Waals surface area contributed by atoms with E-state index in [-0.39, 0.29) is 5.82 Å². The Morgan fingerprint density at radius 2 is 2.19 bits per heavy atom. The van der Waals surface area contributed by atoms with Crippen molar-refractivity contribution in [2.75, 3.05) is 5.32 Å². The fraction of sp³-hybridized carbons (Fsp3) is 0.222. The molecule has 7 nitrogen and oxygen atoms in total. The minimum atomic E-state index is -0.980. The lowest BCUT2D eigenvalue weighted by molar-refractivity contribution is -0.123. The third-order valence-electron chi connectivity index (χ3n) is 3.50. The van der Waals surface area contributed by atoms with Gasteiger partial charge in [0, 0.05) is 22.1 Å². The molecule has 0 saturated heterocycles. The summed E-state index contributed by atoms with van der Waals surface area (Å²) in [5.74, 6) is 0.454. The van der Waals surface area contributed by atoms with Crippen LogP contribution in [-0.4, -0.2) is 28.1 Å². The molecule has 1 amide bonds. The van der Waals surface area contributed by atoms with Gasteiger partial charge >= 0.3 is 5.97 Å². The minimum Gasteiger partial charge on any atom is -0.449 e. The minimum absolute atomic E-state index is 0.277. The Kier molecular flexibility index (Phi) is 6.25. The zero-order valence-corrected chi connectivity index (χ0v) is 16.3. The number of thioether (sulfide) groups is 1. The van der Waals surface area contributed by atoms with Crippen LogP contribution >= 0.6 is 23.1 Å². The molecule has 2 aromatic heterocycles. The Morgan fingerprint density at radius 3 is 2.89 bits per heavy atom. The maximum Gasteiger partial charge on any atom is 0.340 e. The number of carbonyl (C=O) groups excluding carboxylic acids is 2. The van der Waals surface area contributed by atoms with E-state index in [1.165, 1.54) is 30.0 Å². The van der Waals surface area contributed by atoms with Crippen molar-refractivity contribution in [2.45, 2.75) is 30.6 Å². The van der Waals surface area contributed by atoms with Crippen LogP contribution in [0, 0.1) is 6.92 Å². The third kappa shape index (κ3) is 5.18. The number of nitrogens with one attached hydrogen (secondary N) is 1. The molecule has 0 spiro atoms. The number of ether oxygens (including phenoxy) is 1. The van der Waals surface area contributed by atoms with E-state index in [9.17, 15) is 9.59 Å². The normalized spacial score (nSPS) is 11.8. The lowest BCUT2D eigenvalue weighted by Gasteiger charge is -2.14. The number of nitrogens with zero attached hydrogens (tertiary/aromatic N) is 2. The standard InChI is InChI=1S/C18H17N3O4S2/c1-11-7-16(21-25-11)20-17(22)12(2)24-18(23)14-5-3-4-6-15(14)27-9-13-8-26-10-19-13/h3-8,10,12H,9H2,1-2H3,(H,20,21,22)/t12-/m0/s1. The van der Waals surface area contributed by atoms with Gasteiger partial charge in [-0.1, -0.05) is 17.3 Å². The Morgan fingerprint density at radius 1 is 1.37 bits per heavy atom. The fourth-order valence-corrected chi connectivity index (χ4v) is 3.76. The van der Waals surface area contributed by atoms with Gasteiger partial charge in [-0.05, 0) is 26.0 Å². The van der Waals surface area contributed by atoms with Crippen molar-refractivity contribution in [1.29, 1.82) is 0 Å². The maximum atomic E-state index is 12.5. The molecule has 9 heteroatoms. The summed E-state index contributed by atoms with van der Waals surface area (Å²) in [6, 6.07) is 8.71. The Balaban J connectivity index is 1.62. The predicted molar refractivity (Wildman–Crippen MR) is 103 cm³/mol. The van der Waals surface area contributed by atoms with Gasteiger partial charge in [-0.3, -0.25) is 4.79 Å². The number of amides is 1. The van der Waals surface area contributed by atoms with Crippen molar-refractivity contribution in [1.82, 2.24) is 10.1 Å². The van der Waals surface area contributed by atoms with Crippen LogP contribution < -0.4 is 5.32 Å². The second-order valence-electron chi connectivity index (χ2n) is 5.62. The zero-order chi connectivity index (χ0) is 19.2. The van der Waals surface area contributed by atoms with E-state index in [4.69, 9.17) is 9.26 Å². The number of hydrogen-bond donors (Lipinski definition) is 1. The quantitative estimate of drug-likeness (QED) is 0.472. The van der Waals surface area contributed by atoms with Crippen LogP contribution in [0.4, 0.5) is 5.82 Å². The molecule has 3 aromatic rings. The van der Waals surface area contributed by atoms with E-state index in [1.54, 1.807) is 30.6 Å². The number of rotatable bonds is 7. The van der Waals surface area contributed by atoms with E-state index in [0.29, 0.717) is 17.1 Å². The van der Waals surface area contributed by atoms with Crippen molar-refractivity contribution in [3.8, 4) is 0 Å². The van der Waals surface area contributed by atoms with Gasteiger partial charge in [0.2, 0.25) is 0 Å². The number of thiazole rings is 1. The van der Waals surface area contributed by atoms with Gasteiger partial charge in [0.1, 0.15) is 5.76 Å². The summed E-state index contributed by atoms with van der Waals surface area (Å²) in [6.45, 7) is 3.22. The van der Waals surface area contributed by atoms with Crippen LogP contribution in [0.1, 0.15) is 28.7 Å². The van der Waals surface area contributed by atoms with Gasteiger partial charge < -0.3 is 14.6 Å². The molecule has 0 radical (unpaired) electrons. The van der Waals surface area contributed by atoms with Crippen molar-refractivity contribution >= 4 is 40.8 Å². The summed E-state index contributed by atoms with van der Waals surface area (Å²) in [5.41, 5.74) is 3.13. The number of anilines is 1. The van der Waals surface area contributed by atoms with Gasteiger partial charge in [0.25, 0.3) is 5.91 Å². The largest absolute Gasteiger partial charge is 0.449 e. The molecule has 0 fully saturated rings. The molecule has 0 bridgehead atoms. The zero-order valence-electron chi connectivity index (χ0n) is 14.7. The molecule has 0 aliphatic heterocycles. The maximum absolute atomic E-state index is 12.5. The van der Waals surface area contributed by atoms with Crippen LogP contribution in [0.2, 0.25) is 0 Å². The van der Waals surface area contributed by atoms with Crippen LogP contribution in [0.25, 0.3) is 0 Å². The molecule has 0 aliphatic carbocycles. The number of esters is 1. The van der Waals surface area contributed by atoms with Gasteiger partial charge in [-0.2, -0.15) is 0 Å². The second-order valence-corrected chi connectivity index (χ2v) is 7.36. The highest BCUT2D eigenvalue weighted by molar-refractivity contribution is 7.98. The summed E-state index contributed by atoms with van der Waals surface area (Å²) in [6.07, 6.45) is -0.980. The molecule has 27 heavy (non-hydrogen) atoms. The first-order chi connectivity index (χ1) is 13.0. The highest BCUT2D eigenvalue weighted by Gasteiger charge is 2.21. The molecule has 140 valence electrons. The van der Waals surface area contributed by atoms with Crippen molar-refractivity contribution < 1.29 is 18.8 Å². The first kappa shape index (κ1) is 19.1. The van der Waals surface area contributed by atoms with Crippen molar-refractivity contribution in [2.24, 2.45) is 0 Å². The number of benzene rings is 1. The number of aromatic nitrogens is 2. The number of hydrogen-bond acceptors (Lipinski definition) is 8. The summed E-state index contributed by atoms with van der Waals surface area (Å²) in [5, 5.41) is 8.19. The molecule has 2 heterocycles. The fourth-order valence-electron chi connectivity index (χ4n) is 2.15. The average molecular weight is 403 g/mol. The summed E-state index contributed by atoms with van der Waals surface area (Å²) >= 11 is 3.02. The van der Waals surface area contributed by atoms with Crippen molar-refractivity contribution in [3.05, 3.63) is 58.2 Å². The molecular weight excluding hydrogens is 386 g/mol. The van der Waals surface area contributed by atoms with Crippen LogP contribution in [-0.2, 0) is 15.3 Å². The predicted octanol–water partition coefficient (Wildman–Crippen LogP) is 3.92. The average Bonchev–Trinajstić information content (AvgIpc) is 3.31. The Bertz CT molecular complexity index is 924. The molecule has 1 N–H and O–H groups in total. The summed E-state index contributed by atoms with van der Waals surface area (Å²) in [7, 11) is 0. The van der Waals surface area contributed by atoms with Crippen LogP contribution in [0.5, 0.6) is 0 Å². The van der Waals surface area contributed by atoms with E-state index in [0.717, 1.165) is 10.6 Å². The van der Waals surface area contributed by atoms with Gasteiger partial charge in [0.15, 0.2) is 11.9 Å². The lowest BCUT2D eigenvalue weighted by atomic mass is 10.2. The summed E-state index contributed by atoms with van der Waals surface area (Å²) < 4.78 is 10.2. The SMILES string of the molecule is Cc1cc(NC(=O)[C@H](C)OC(=O)c2ccccc2SCc2cscn2)no1. The van der Waals surface area contributed by atoms with E-state index in [1.807, 2.05) is 17.5 Å².